The van der Waals surface area contributed by atoms with Crippen molar-refractivity contribution in [1.82, 2.24) is 4.90 Å². The van der Waals surface area contributed by atoms with Crippen molar-refractivity contribution in [3.63, 3.8) is 0 Å². The summed E-state index contributed by atoms with van der Waals surface area (Å²) in [7, 11) is 0. The van der Waals surface area contributed by atoms with Crippen molar-refractivity contribution >= 4 is 17.3 Å². The molecule has 8 nitrogen and oxygen atoms in total. The van der Waals surface area contributed by atoms with Gasteiger partial charge in [0, 0.05) is 31.4 Å². The van der Waals surface area contributed by atoms with Crippen molar-refractivity contribution in [2.45, 2.75) is 19.1 Å². The molecule has 2 rings (SSSR count). The summed E-state index contributed by atoms with van der Waals surface area (Å²) < 4.78 is 0. The molecule has 2 atom stereocenters. The third-order valence-corrected chi connectivity index (χ3v) is 3.35. The van der Waals surface area contributed by atoms with Crippen LogP contribution in [0.1, 0.15) is 17.3 Å². The van der Waals surface area contributed by atoms with Gasteiger partial charge in [0.1, 0.15) is 5.56 Å². The number of aliphatic hydroxyl groups is 2. The number of aliphatic hydroxyl groups excluding tert-OH is 2. The number of carbonyl (C=O) groups excluding carboxylic acids is 1. The molecular weight excluding hydrogens is 278 g/mol. The van der Waals surface area contributed by atoms with E-state index in [0.29, 0.717) is 12.2 Å². The lowest BCUT2D eigenvalue weighted by molar-refractivity contribution is -0.385. The van der Waals surface area contributed by atoms with E-state index in [1.54, 1.807) is 0 Å². The van der Waals surface area contributed by atoms with E-state index in [1.807, 2.05) is 6.92 Å². The number of carbonyl (C=O) groups is 1. The van der Waals surface area contributed by atoms with E-state index in [4.69, 9.17) is 0 Å². The Labute approximate surface area is 121 Å². The monoisotopic (exact) mass is 295 g/mol. The number of hydrogen-bond donors (Lipinski definition) is 3. The zero-order chi connectivity index (χ0) is 15.6. The van der Waals surface area contributed by atoms with E-state index in [2.05, 4.69) is 5.32 Å². The maximum atomic E-state index is 12.4. The van der Waals surface area contributed by atoms with Gasteiger partial charge in [-0.2, -0.15) is 0 Å². The van der Waals surface area contributed by atoms with Gasteiger partial charge in [0.25, 0.3) is 11.6 Å². The molecule has 3 N–H and O–H groups in total. The SMILES string of the molecule is CCNc1ccc([N+](=O)[O-])c(C(=O)N2CC(O)C(O)C2)c1. The summed E-state index contributed by atoms with van der Waals surface area (Å²) in [5.41, 5.74) is 0.254. The van der Waals surface area contributed by atoms with Gasteiger partial charge in [-0.15, -0.1) is 0 Å². The highest BCUT2D eigenvalue weighted by atomic mass is 16.6. The van der Waals surface area contributed by atoms with Crippen LogP contribution in [-0.4, -0.2) is 57.8 Å². The first-order valence-electron chi connectivity index (χ1n) is 6.61. The summed E-state index contributed by atoms with van der Waals surface area (Å²) in [6, 6.07) is 4.22. The summed E-state index contributed by atoms with van der Waals surface area (Å²) in [6.45, 7) is 2.41. The highest BCUT2D eigenvalue weighted by molar-refractivity contribution is 5.99. The third kappa shape index (κ3) is 3.11. The number of anilines is 1. The summed E-state index contributed by atoms with van der Waals surface area (Å²) in [4.78, 5) is 24.0. The van der Waals surface area contributed by atoms with Crippen LogP contribution >= 0.6 is 0 Å². The molecule has 8 heteroatoms. The van der Waals surface area contributed by atoms with E-state index in [9.17, 15) is 25.1 Å². The standard InChI is InChI=1S/C13H17N3O5/c1-2-14-8-3-4-10(16(20)21)9(5-8)13(19)15-6-11(17)12(18)7-15/h3-5,11-12,14,17-18H,2,6-7H2,1H3. The molecule has 0 spiro atoms. The topological polar surface area (TPSA) is 116 Å². The molecule has 0 aliphatic carbocycles. The molecule has 21 heavy (non-hydrogen) atoms. The van der Waals surface area contributed by atoms with Gasteiger partial charge in [0.15, 0.2) is 0 Å². The molecule has 1 fully saturated rings. The minimum Gasteiger partial charge on any atom is -0.388 e. The van der Waals surface area contributed by atoms with Crippen molar-refractivity contribution in [2.75, 3.05) is 25.0 Å². The highest BCUT2D eigenvalue weighted by Gasteiger charge is 2.35. The Morgan fingerprint density at radius 3 is 2.57 bits per heavy atom. The zero-order valence-electron chi connectivity index (χ0n) is 11.5. The van der Waals surface area contributed by atoms with Crippen molar-refractivity contribution in [2.24, 2.45) is 0 Å². The first-order chi connectivity index (χ1) is 9.93. The molecule has 1 amide bonds. The second kappa shape index (κ2) is 6.06. The van der Waals surface area contributed by atoms with Crippen molar-refractivity contribution in [1.29, 1.82) is 0 Å². The molecule has 1 aromatic carbocycles. The fraction of sp³-hybridized carbons (Fsp3) is 0.462. The Morgan fingerprint density at radius 1 is 1.43 bits per heavy atom. The largest absolute Gasteiger partial charge is 0.388 e. The van der Waals surface area contributed by atoms with Crippen LogP contribution in [0.3, 0.4) is 0 Å². The quantitative estimate of drug-likeness (QED) is 0.540. The number of nitro groups is 1. The summed E-state index contributed by atoms with van der Waals surface area (Å²) in [5.74, 6) is -0.572. The van der Waals surface area contributed by atoms with Crippen LogP contribution in [0.15, 0.2) is 18.2 Å². The van der Waals surface area contributed by atoms with Gasteiger partial charge in [0.05, 0.1) is 17.1 Å². The molecule has 0 saturated carbocycles. The number of hydrogen-bond acceptors (Lipinski definition) is 6. The van der Waals surface area contributed by atoms with E-state index < -0.39 is 23.0 Å². The van der Waals surface area contributed by atoms with Crippen LogP contribution in [0.2, 0.25) is 0 Å². The lowest BCUT2D eigenvalue weighted by atomic mass is 10.1. The Morgan fingerprint density at radius 2 is 2.05 bits per heavy atom. The predicted octanol–water partition coefficient (Wildman–Crippen LogP) is 0.204. The highest BCUT2D eigenvalue weighted by Crippen LogP contribution is 2.25. The number of benzene rings is 1. The van der Waals surface area contributed by atoms with Gasteiger partial charge in [-0.25, -0.2) is 0 Å². The fourth-order valence-corrected chi connectivity index (χ4v) is 2.29. The number of amides is 1. The molecule has 0 aromatic heterocycles. The Hall–Kier alpha value is -2.19. The fourth-order valence-electron chi connectivity index (χ4n) is 2.29. The Balaban J connectivity index is 2.33. The molecule has 2 unspecified atom stereocenters. The van der Waals surface area contributed by atoms with Gasteiger partial charge >= 0.3 is 0 Å². The van der Waals surface area contributed by atoms with E-state index >= 15 is 0 Å². The smallest absolute Gasteiger partial charge is 0.282 e. The van der Waals surface area contributed by atoms with Gasteiger partial charge in [-0.3, -0.25) is 14.9 Å². The maximum Gasteiger partial charge on any atom is 0.282 e. The van der Waals surface area contributed by atoms with Crippen LogP contribution < -0.4 is 5.32 Å². The second-order valence-corrected chi connectivity index (χ2v) is 4.86. The molecule has 1 aliphatic rings. The van der Waals surface area contributed by atoms with Crippen LogP contribution in [0.4, 0.5) is 11.4 Å². The van der Waals surface area contributed by atoms with Gasteiger partial charge < -0.3 is 20.4 Å². The maximum absolute atomic E-state index is 12.4. The number of nitro benzene ring substituents is 1. The zero-order valence-corrected chi connectivity index (χ0v) is 11.5. The molecule has 0 radical (unpaired) electrons. The molecule has 1 heterocycles. The van der Waals surface area contributed by atoms with Crippen molar-refractivity contribution in [3.05, 3.63) is 33.9 Å². The molecule has 0 bridgehead atoms. The summed E-state index contributed by atoms with van der Waals surface area (Å²) >= 11 is 0. The number of rotatable bonds is 4. The summed E-state index contributed by atoms with van der Waals surface area (Å²) in [5, 5.41) is 33.0. The van der Waals surface area contributed by atoms with Gasteiger partial charge in [-0.1, -0.05) is 0 Å². The Kier molecular flexibility index (Phi) is 4.39. The summed E-state index contributed by atoms with van der Waals surface area (Å²) in [6.07, 6.45) is -2.05. The van der Waals surface area contributed by atoms with Crippen molar-refractivity contribution in [3.8, 4) is 0 Å². The first kappa shape index (κ1) is 15.2. The normalized spacial score (nSPS) is 21.4. The third-order valence-electron chi connectivity index (χ3n) is 3.35. The lowest BCUT2D eigenvalue weighted by Crippen LogP contribution is -2.30. The number of likely N-dealkylation sites (tertiary alicyclic amines) is 1. The molecule has 1 aliphatic heterocycles. The minimum atomic E-state index is -1.02. The van der Waals surface area contributed by atoms with Crippen molar-refractivity contribution < 1.29 is 19.9 Å². The second-order valence-electron chi connectivity index (χ2n) is 4.86. The van der Waals surface area contributed by atoms with Crippen LogP contribution in [0.5, 0.6) is 0 Å². The average Bonchev–Trinajstić information content (AvgIpc) is 2.78. The van der Waals surface area contributed by atoms with E-state index in [1.165, 1.54) is 23.1 Å². The minimum absolute atomic E-state index is 0.0391. The average molecular weight is 295 g/mol. The number of β-amino-alcohol motifs (C(OH)–C–C–N with tert-alkyl or cyclic N) is 2. The lowest BCUT2D eigenvalue weighted by Gasteiger charge is -2.16. The predicted molar refractivity (Wildman–Crippen MR) is 75.2 cm³/mol. The van der Waals surface area contributed by atoms with Crippen LogP contribution in [0, 0.1) is 10.1 Å². The van der Waals surface area contributed by atoms with E-state index in [-0.39, 0.29) is 24.3 Å². The van der Waals surface area contributed by atoms with Gasteiger partial charge in [0.2, 0.25) is 0 Å². The first-order valence-corrected chi connectivity index (χ1v) is 6.61. The molecule has 114 valence electrons. The Bertz CT molecular complexity index is 553. The number of nitrogens with zero attached hydrogens (tertiary/aromatic N) is 2. The van der Waals surface area contributed by atoms with Crippen LogP contribution in [0.25, 0.3) is 0 Å². The van der Waals surface area contributed by atoms with Crippen LogP contribution in [-0.2, 0) is 0 Å². The molecule has 1 saturated heterocycles. The molecular formula is C13H17N3O5. The number of nitrogens with one attached hydrogen (secondary N) is 1. The van der Waals surface area contributed by atoms with Gasteiger partial charge in [-0.05, 0) is 19.1 Å². The van der Waals surface area contributed by atoms with E-state index in [0.717, 1.165) is 0 Å². The molecule has 1 aromatic rings.